The lowest BCUT2D eigenvalue weighted by Gasteiger charge is -2.36. The maximum Gasteiger partial charge on any atom is 0.310 e. The van der Waals surface area contributed by atoms with E-state index < -0.39 is 10.8 Å². The fraction of sp³-hybridized carbons (Fsp3) is 0.231. The van der Waals surface area contributed by atoms with Gasteiger partial charge in [0, 0.05) is 49.2 Å². The van der Waals surface area contributed by atoms with E-state index in [4.69, 9.17) is 4.74 Å². The quantitative estimate of drug-likeness (QED) is 0.412. The lowest BCUT2D eigenvalue weighted by Crippen LogP contribution is -2.48. The van der Waals surface area contributed by atoms with Gasteiger partial charge in [-0.25, -0.2) is 0 Å². The van der Waals surface area contributed by atoms with Gasteiger partial charge in [0.1, 0.15) is 0 Å². The van der Waals surface area contributed by atoms with E-state index in [0.717, 1.165) is 11.3 Å². The van der Waals surface area contributed by atoms with Gasteiger partial charge in [-0.1, -0.05) is 29.8 Å². The van der Waals surface area contributed by atoms with Crippen molar-refractivity contribution in [2.75, 3.05) is 43.0 Å². The van der Waals surface area contributed by atoms with Crippen molar-refractivity contribution in [3.63, 3.8) is 0 Å². The summed E-state index contributed by atoms with van der Waals surface area (Å²) in [7, 11) is 0. The Labute approximate surface area is 203 Å². The minimum atomic E-state index is -0.551. The Kier molecular flexibility index (Phi) is 7.25. The predicted octanol–water partition coefficient (Wildman–Crippen LogP) is 3.88. The van der Waals surface area contributed by atoms with Crippen LogP contribution in [0.5, 0.6) is 5.75 Å². The molecule has 0 unspecified atom stereocenters. The fourth-order valence-electron chi connectivity index (χ4n) is 3.87. The van der Waals surface area contributed by atoms with E-state index in [9.17, 15) is 19.7 Å². The molecule has 0 saturated carbocycles. The van der Waals surface area contributed by atoms with Crippen LogP contribution >= 0.6 is 0 Å². The topological polar surface area (TPSA) is 105 Å². The summed E-state index contributed by atoms with van der Waals surface area (Å²) in [5.74, 6) is -0.326. The number of nitro benzene ring substituents is 1. The second kappa shape index (κ2) is 10.7. The molecule has 9 nitrogen and oxygen atoms in total. The van der Waals surface area contributed by atoms with Crippen molar-refractivity contribution in [3.8, 4) is 5.75 Å². The third-order valence-corrected chi connectivity index (χ3v) is 5.80. The summed E-state index contributed by atoms with van der Waals surface area (Å²) in [4.78, 5) is 39.5. The number of ether oxygens (including phenoxy) is 1. The maximum atomic E-state index is 12.7. The number of nitrogens with zero attached hydrogens (tertiary/aromatic N) is 3. The SMILES string of the molecule is Cc1ccc(C(=O)N2CCN(c3ccc(NC(=O)COc4ccccc4[N+](=O)[O-])cc3)CC2)cc1. The third kappa shape index (κ3) is 5.94. The molecular weight excluding hydrogens is 448 g/mol. The van der Waals surface area contributed by atoms with Crippen LogP contribution < -0.4 is 15.0 Å². The summed E-state index contributed by atoms with van der Waals surface area (Å²) in [6.45, 7) is 4.35. The van der Waals surface area contributed by atoms with E-state index in [1.165, 1.54) is 18.2 Å². The second-order valence-corrected chi connectivity index (χ2v) is 8.25. The third-order valence-electron chi connectivity index (χ3n) is 5.80. The molecule has 1 N–H and O–H groups in total. The molecule has 4 rings (SSSR count). The zero-order valence-electron chi connectivity index (χ0n) is 19.3. The molecule has 0 radical (unpaired) electrons. The molecule has 0 bridgehead atoms. The molecule has 180 valence electrons. The van der Waals surface area contributed by atoms with E-state index >= 15 is 0 Å². The van der Waals surface area contributed by atoms with Gasteiger partial charge in [0.05, 0.1) is 4.92 Å². The number of benzene rings is 3. The number of piperazine rings is 1. The summed E-state index contributed by atoms with van der Waals surface area (Å²) in [5.41, 5.74) is 3.23. The van der Waals surface area contributed by atoms with Gasteiger partial charge >= 0.3 is 5.69 Å². The number of hydrogen-bond acceptors (Lipinski definition) is 6. The van der Waals surface area contributed by atoms with Crippen molar-refractivity contribution in [3.05, 3.63) is 94.0 Å². The summed E-state index contributed by atoms with van der Waals surface area (Å²) in [6.07, 6.45) is 0. The van der Waals surface area contributed by atoms with Gasteiger partial charge in [-0.15, -0.1) is 0 Å². The van der Waals surface area contributed by atoms with Crippen LogP contribution in [-0.4, -0.2) is 54.4 Å². The van der Waals surface area contributed by atoms with Crippen LogP contribution in [0, 0.1) is 17.0 Å². The molecule has 1 fully saturated rings. The minimum Gasteiger partial charge on any atom is -0.477 e. The van der Waals surface area contributed by atoms with Crippen molar-refractivity contribution >= 4 is 28.9 Å². The molecule has 0 atom stereocenters. The number of nitro groups is 1. The van der Waals surface area contributed by atoms with Crippen LogP contribution in [0.2, 0.25) is 0 Å². The van der Waals surface area contributed by atoms with E-state index in [0.29, 0.717) is 37.4 Å². The van der Waals surface area contributed by atoms with E-state index in [2.05, 4.69) is 10.2 Å². The van der Waals surface area contributed by atoms with Gasteiger partial charge in [0.25, 0.3) is 11.8 Å². The van der Waals surface area contributed by atoms with E-state index in [1.807, 2.05) is 48.2 Å². The standard InChI is InChI=1S/C26H26N4O5/c1-19-6-8-20(9-7-19)26(32)29-16-14-28(15-17-29)22-12-10-21(11-13-22)27-25(31)18-35-24-5-3-2-4-23(24)30(33)34/h2-13H,14-18H2,1H3,(H,27,31). The molecule has 1 aliphatic rings. The highest BCUT2D eigenvalue weighted by Crippen LogP contribution is 2.26. The number of aryl methyl sites for hydroxylation is 1. The van der Waals surface area contributed by atoms with Crippen LogP contribution in [0.25, 0.3) is 0 Å². The van der Waals surface area contributed by atoms with Crippen molar-refractivity contribution in [1.82, 2.24) is 4.90 Å². The largest absolute Gasteiger partial charge is 0.477 e. The molecule has 1 saturated heterocycles. The number of rotatable bonds is 7. The molecule has 3 aromatic carbocycles. The number of nitrogens with one attached hydrogen (secondary N) is 1. The number of carbonyl (C=O) groups is 2. The Hall–Kier alpha value is -4.40. The van der Waals surface area contributed by atoms with Crippen molar-refractivity contribution < 1.29 is 19.2 Å². The number of amides is 2. The highest BCUT2D eigenvalue weighted by molar-refractivity contribution is 5.94. The van der Waals surface area contributed by atoms with E-state index in [-0.39, 0.29) is 24.0 Å². The molecular formula is C26H26N4O5. The lowest BCUT2D eigenvalue weighted by atomic mass is 10.1. The number of carbonyl (C=O) groups excluding carboxylic acids is 2. The molecule has 2 amide bonds. The van der Waals surface area contributed by atoms with E-state index in [1.54, 1.807) is 18.2 Å². The summed E-state index contributed by atoms with van der Waals surface area (Å²) >= 11 is 0. The van der Waals surface area contributed by atoms with Gasteiger partial charge in [-0.3, -0.25) is 19.7 Å². The molecule has 0 aliphatic carbocycles. The normalized spacial score (nSPS) is 13.3. The Bertz CT molecular complexity index is 1200. The molecule has 0 aromatic heterocycles. The Morgan fingerprint density at radius 2 is 1.60 bits per heavy atom. The van der Waals surface area contributed by atoms with Gasteiger partial charge in [-0.2, -0.15) is 0 Å². The Morgan fingerprint density at radius 3 is 2.26 bits per heavy atom. The number of para-hydroxylation sites is 2. The number of anilines is 2. The molecule has 9 heteroatoms. The summed E-state index contributed by atoms with van der Waals surface area (Å²) in [5, 5.41) is 13.8. The number of hydrogen-bond donors (Lipinski definition) is 1. The average molecular weight is 475 g/mol. The van der Waals surface area contributed by atoms with Crippen LogP contribution in [0.4, 0.5) is 17.1 Å². The first-order valence-corrected chi connectivity index (χ1v) is 11.3. The first kappa shape index (κ1) is 23.7. The molecule has 1 heterocycles. The van der Waals surface area contributed by atoms with Gasteiger partial charge < -0.3 is 19.9 Å². The van der Waals surface area contributed by atoms with Crippen molar-refractivity contribution in [2.24, 2.45) is 0 Å². The first-order chi connectivity index (χ1) is 16.9. The highest BCUT2D eigenvalue weighted by atomic mass is 16.6. The smallest absolute Gasteiger partial charge is 0.310 e. The van der Waals surface area contributed by atoms with Crippen molar-refractivity contribution in [2.45, 2.75) is 6.92 Å². The predicted molar refractivity (Wildman–Crippen MR) is 133 cm³/mol. The summed E-state index contributed by atoms with van der Waals surface area (Å²) in [6, 6.07) is 21.0. The Balaban J connectivity index is 1.27. The van der Waals surface area contributed by atoms with Gasteiger partial charge in [0.15, 0.2) is 12.4 Å². The molecule has 1 aliphatic heterocycles. The summed E-state index contributed by atoms with van der Waals surface area (Å²) < 4.78 is 5.32. The molecule has 0 spiro atoms. The van der Waals surface area contributed by atoms with Crippen LogP contribution in [-0.2, 0) is 4.79 Å². The average Bonchev–Trinajstić information content (AvgIpc) is 2.88. The highest BCUT2D eigenvalue weighted by Gasteiger charge is 2.22. The lowest BCUT2D eigenvalue weighted by molar-refractivity contribution is -0.385. The molecule has 35 heavy (non-hydrogen) atoms. The molecule has 3 aromatic rings. The van der Waals surface area contributed by atoms with Crippen molar-refractivity contribution in [1.29, 1.82) is 0 Å². The second-order valence-electron chi connectivity index (χ2n) is 8.25. The van der Waals surface area contributed by atoms with Gasteiger partial charge in [-0.05, 0) is 49.4 Å². The Morgan fingerprint density at radius 1 is 0.943 bits per heavy atom. The monoisotopic (exact) mass is 474 g/mol. The first-order valence-electron chi connectivity index (χ1n) is 11.3. The minimum absolute atomic E-state index is 0.0444. The zero-order valence-corrected chi connectivity index (χ0v) is 19.3. The maximum absolute atomic E-state index is 12.7. The fourth-order valence-corrected chi connectivity index (χ4v) is 3.87. The van der Waals surface area contributed by atoms with Crippen LogP contribution in [0.15, 0.2) is 72.8 Å². The zero-order chi connectivity index (χ0) is 24.8. The van der Waals surface area contributed by atoms with Gasteiger partial charge in [0.2, 0.25) is 0 Å². The van der Waals surface area contributed by atoms with Crippen LogP contribution in [0.1, 0.15) is 15.9 Å². The van der Waals surface area contributed by atoms with Crippen LogP contribution in [0.3, 0.4) is 0 Å².